The van der Waals surface area contributed by atoms with Gasteiger partial charge in [-0.15, -0.1) is 0 Å². The normalized spacial score (nSPS) is 12.2. The first-order chi connectivity index (χ1) is 8.06. The lowest BCUT2D eigenvalue weighted by Crippen LogP contribution is -2.30. The first-order valence-electron chi connectivity index (χ1n) is 5.68. The summed E-state index contributed by atoms with van der Waals surface area (Å²) in [5.41, 5.74) is 7.77. The maximum Gasteiger partial charge on any atom is 0.253 e. The van der Waals surface area contributed by atoms with Gasteiger partial charge in [-0.05, 0) is 24.5 Å². The number of anilines is 1. The molecule has 1 rings (SSSR count). The minimum Gasteiger partial charge on any atom is -0.398 e. The third-order valence-corrected chi connectivity index (χ3v) is 2.59. The van der Waals surface area contributed by atoms with Gasteiger partial charge < -0.3 is 15.8 Å². The quantitative estimate of drug-likeness (QED) is 0.763. The molecule has 1 aromatic carbocycles. The molecule has 0 aliphatic carbocycles. The molecule has 17 heavy (non-hydrogen) atoms. The molecule has 1 amide bonds. The Hall–Kier alpha value is -1.55. The molecule has 94 valence electrons. The van der Waals surface area contributed by atoms with E-state index in [0.717, 1.165) is 5.56 Å². The second-order valence-corrected chi connectivity index (χ2v) is 4.31. The Morgan fingerprint density at radius 1 is 1.53 bits per heavy atom. The van der Waals surface area contributed by atoms with Crippen LogP contribution in [0.3, 0.4) is 0 Å². The van der Waals surface area contributed by atoms with Gasteiger partial charge in [0.25, 0.3) is 5.91 Å². The molecule has 4 heteroatoms. The van der Waals surface area contributed by atoms with E-state index in [2.05, 4.69) is 5.32 Å². The van der Waals surface area contributed by atoms with Gasteiger partial charge >= 0.3 is 0 Å². The highest BCUT2D eigenvalue weighted by atomic mass is 16.5. The second-order valence-electron chi connectivity index (χ2n) is 4.31. The summed E-state index contributed by atoms with van der Waals surface area (Å²) in [4.78, 5) is 12.0. The molecule has 0 spiro atoms. The van der Waals surface area contributed by atoms with Crippen LogP contribution in [0.25, 0.3) is 0 Å². The molecule has 0 bridgehead atoms. The molecule has 0 heterocycles. The molecule has 1 aromatic rings. The van der Waals surface area contributed by atoms with E-state index in [0.29, 0.717) is 24.4 Å². The number of hydrogen-bond donors (Lipinski definition) is 2. The largest absolute Gasteiger partial charge is 0.398 e. The van der Waals surface area contributed by atoms with Crippen molar-refractivity contribution < 1.29 is 9.53 Å². The molecule has 0 radical (unpaired) electrons. The molecule has 1 unspecified atom stereocenters. The number of amides is 1. The van der Waals surface area contributed by atoms with Crippen molar-refractivity contribution in [3.05, 3.63) is 29.3 Å². The Morgan fingerprint density at radius 2 is 2.24 bits per heavy atom. The van der Waals surface area contributed by atoms with Crippen molar-refractivity contribution in [1.29, 1.82) is 0 Å². The fraction of sp³-hybridized carbons (Fsp3) is 0.462. The summed E-state index contributed by atoms with van der Waals surface area (Å²) >= 11 is 0. The van der Waals surface area contributed by atoms with E-state index in [1.807, 2.05) is 26.0 Å². The lowest BCUT2D eigenvalue weighted by molar-refractivity contribution is 0.0934. The van der Waals surface area contributed by atoms with Gasteiger partial charge in [0.15, 0.2) is 0 Å². The molecule has 1 atom stereocenters. The Labute approximate surface area is 102 Å². The average Bonchev–Trinajstić information content (AvgIpc) is 2.26. The summed E-state index contributed by atoms with van der Waals surface area (Å²) in [6.07, 6.45) is 0. The van der Waals surface area contributed by atoms with Crippen molar-refractivity contribution in [2.75, 3.05) is 26.0 Å². The highest BCUT2D eigenvalue weighted by Gasteiger charge is 2.13. The number of benzene rings is 1. The summed E-state index contributed by atoms with van der Waals surface area (Å²) in [7, 11) is 1.65. The van der Waals surface area contributed by atoms with Crippen molar-refractivity contribution in [3.63, 3.8) is 0 Å². The highest BCUT2D eigenvalue weighted by molar-refractivity contribution is 6.00. The van der Waals surface area contributed by atoms with Crippen LogP contribution in [0.1, 0.15) is 22.8 Å². The summed E-state index contributed by atoms with van der Waals surface area (Å²) in [6.45, 7) is 5.11. The predicted octanol–water partition coefficient (Wildman–Crippen LogP) is 1.59. The number of aryl methyl sites for hydroxylation is 1. The van der Waals surface area contributed by atoms with Crippen LogP contribution in [-0.4, -0.2) is 26.2 Å². The zero-order chi connectivity index (χ0) is 12.8. The lowest BCUT2D eigenvalue weighted by Gasteiger charge is -2.13. The van der Waals surface area contributed by atoms with Crippen LogP contribution in [0, 0.1) is 12.8 Å². The maximum absolute atomic E-state index is 12.0. The Morgan fingerprint density at radius 3 is 2.82 bits per heavy atom. The van der Waals surface area contributed by atoms with Crippen LogP contribution in [0.15, 0.2) is 18.2 Å². The first kappa shape index (κ1) is 13.5. The van der Waals surface area contributed by atoms with Gasteiger partial charge in [-0.3, -0.25) is 4.79 Å². The van der Waals surface area contributed by atoms with Gasteiger partial charge in [-0.2, -0.15) is 0 Å². The van der Waals surface area contributed by atoms with Crippen molar-refractivity contribution in [2.24, 2.45) is 5.92 Å². The molecule has 0 fully saturated rings. The van der Waals surface area contributed by atoms with E-state index >= 15 is 0 Å². The summed E-state index contributed by atoms with van der Waals surface area (Å²) in [6, 6.07) is 5.46. The summed E-state index contributed by atoms with van der Waals surface area (Å²) in [5, 5.41) is 2.87. The molecule has 0 aliphatic rings. The number of nitrogens with two attached hydrogens (primary N) is 1. The van der Waals surface area contributed by atoms with E-state index in [1.165, 1.54) is 0 Å². The monoisotopic (exact) mass is 236 g/mol. The van der Waals surface area contributed by atoms with Gasteiger partial charge in [-0.1, -0.05) is 19.1 Å². The number of nitrogen functional groups attached to an aromatic ring is 1. The molecule has 0 saturated carbocycles. The van der Waals surface area contributed by atoms with Crippen molar-refractivity contribution in [1.82, 2.24) is 5.32 Å². The van der Waals surface area contributed by atoms with Gasteiger partial charge in [0.05, 0.1) is 12.2 Å². The van der Waals surface area contributed by atoms with E-state index in [-0.39, 0.29) is 11.8 Å². The molecule has 0 aromatic heterocycles. The van der Waals surface area contributed by atoms with E-state index in [4.69, 9.17) is 10.5 Å². The van der Waals surface area contributed by atoms with Gasteiger partial charge in [0.1, 0.15) is 0 Å². The summed E-state index contributed by atoms with van der Waals surface area (Å²) in [5.74, 6) is 0.165. The molecule has 0 aliphatic heterocycles. The van der Waals surface area contributed by atoms with Crippen LogP contribution < -0.4 is 11.1 Å². The minimum absolute atomic E-state index is 0.122. The van der Waals surface area contributed by atoms with Gasteiger partial charge in [0.2, 0.25) is 0 Å². The number of hydrogen-bond acceptors (Lipinski definition) is 3. The second kappa shape index (κ2) is 6.25. The molecule has 0 saturated heterocycles. The Balaban J connectivity index is 2.64. The molecular formula is C13H20N2O2. The van der Waals surface area contributed by atoms with Crippen LogP contribution in [0.4, 0.5) is 5.69 Å². The number of ether oxygens (including phenoxy) is 1. The fourth-order valence-electron chi connectivity index (χ4n) is 1.70. The number of rotatable bonds is 5. The average molecular weight is 236 g/mol. The van der Waals surface area contributed by atoms with Crippen molar-refractivity contribution >= 4 is 11.6 Å². The SMILES string of the molecule is COCC(C)CNC(=O)c1c(C)cccc1N. The van der Waals surface area contributed by atoms with Crippen LogP contribution in [0.2, 0.25) is 0 Å². The van der Waals surface area contributed by atoms with E-state index < -0.39 is 0 Å². The van der Waals surface area contributed by atoms with E-state index in [1.54, 1.807) is 13.2 Å². The Kier molecular flexibility index (Phi) is 4.97. The number of nitrogens with one attached hydrogen (secondary N) is 1. The minimum atomic E-state index is -0.122. The van der Waals surface area contributed by atoms with Crippen molar-refractivity contribution in [3.8, 4) is 0 Å². The van der Waals surface area contributed by atoms with Gasteiger partial charge in [-0.25, -0.2) is 0 Å². The van der Waals surface area contributed by atoms with Crippen LogP contribution in [0.5, 0.6) is 0 Å². The standard InChI is InChI=1S/C13H20N2O2/c1-9(8-17-3)7-15-13(16)12-10(2)5-4-6-11(12)14/h4-6,9H,7-8,14H2,1-3H3,(H,15,16). The topological polar surface area (TPSA) is 64.3 Å². The smallest absolute Gasteiger partial charge is 0.253 e. The molecular weight excluding hydrogens is 216 g/mol. The number of carbonyl (C=O) groups is 1. The zero-order valence-corrected chi connectivity index (χ0v) is 10.6. The molecule has 3 N–H and O–H groups in total. The number of carbonyl (C=O) groups excluding carboxylic acids is 1. The van der Waals surface area contributed by atoms with Crippen LogP contribution >= 0.6 is 0 Å². The third-order valence-electron chi connectivity index (χ3n) is 2.59. The lowest BCUT2D eigenvalue weighted by atomic mass is 10.1. The Bertz CT molecular complexity index is 371. The third kappa shape index (κ3) is 3.75. The van der Waals surface area contributed by atoms with E-state index in [9.17, 15) is 4.79 Å². The zero-order valence-electron chi connectivity index (χ0n) is 10.6. The predicted molar refractivity (Wildman–Crippen MR) is 69.0 cm³/mol. The first-order valence-corrected chi connectivity index (χ1v) is 5.68. The van der Waals surface area contributed by atoms with Crippen LogP contribution in [-0.2, 0) is 4.74 Å². The molecule has 4 nitrogen and oxygen atoms in total. The number of methoxy groups -OCH3 is 1. The van der Waals surface area contributed by atoms with Gasteiger partial charge in [0, 0.05) is 19.3 Å². The van der Waals surface area contributed by atoms with Crippen molar-refractivity contribution in [2.45, 2.75) is 13.8 Å². The fourth-order valence-corrected chi connectivity index (χ4v) is 1.70. The maximum atomic E-state index is 12.0. The highest BCUT2D eigenvalue weighted by Crippen LogP contribution is 2.15. The summed E-state index contributed by atoms with van der Waals surface area (Å²) < 4.78 is 5.01.